The lowest BCUT2D eigenvalue weighted by Gasteiger charge is -2.07. The standard InChI is InChI=1S/C12H12N4O2/c1-16-8-4-6-10(16)12(18)15-14-11(17)9-5-2-3-7-13-9/h2-8H,1H3,(H,14,17)(H,15,18). The highest BCUT2D eigenvalue weighted by molar-refractivity contribution is 5.97. The van der Waals surface area contributed by atoms with Crippen molar-refractivity contribution >= 4 is 11.8 Å². The zero-order valence-electron chi connectivity index (χ0n) is 9.75. The van der Waals surface area contributed by atoms with E-state index in [-0.39, 0.29) is 11.6 Å². The van der Waals surface area contributed by atoms with Crippen LogP contribution in [0.4, 0.5) is 0 Å². The van der Waals surface area contributed by atoms with Gasteiger partial charge in [0, 0.05) is 19.4 Å². The Morgan fingerprint density at radius 2 is 1.89 bits per heavy atom. The fraction of sp³-hybridized carbons (Fsp3) is 0.0833. The van der Waals surface area contributed by atoms with Crippen LogP contribution in [0.3, 0.4) is 0 Å². The predicted octanol–water partition coefficient (Wildman–Crippen LogP) is 0.495. The summed E-state index contributed by atoms with van der Waals surface area (Å²) in [7, 11) is 1.75. The third-order valence-electron chi connectivity index (χ3n) is 2.36. The van der Waals surface area contributed by atoms with Crippen molar-refractivity contribution < 1.29 is 9.59 Å². The van der Waals surface area contributed by atoms with Gasteiger partial charge in [-0.3, -0.25) is 25.4 Å². The molecule has 2 heterocycles. The summed E-state index contributed by atoms with van der Waals surface area (Å²) in [5.41, 5.74) is 5.32. The highest BCUT2D eigenvalue weighted by atomic mass is 16.2. The summed E-state index contributed by atoms with van der Waals surface area (Å²) < 4.78 is 1.66. The second-order valence-corrected chi connectivity index (χ2v) is 3.63. The summed E-state index contributed by atoms with van der Waals surface area (Å²) in [4.78, 5) is 27.2. The first-order valence-corrected chi connectivity index (χ1v) is 5.31. The number of amides is 2. The molecule has 2 aromatic rings. The van der Waals surface area contributed by atoms with E-state index < -0.39 is 5.91 Å². The molecular formula is C12H12N4O2. The molecule has 0 radical (unpaired) electrons. The Hall–Kier alpha value is -2.63. The Labute approximate surface area is 104 Å². The van der Waals surface area contributed by atoms with Crippen LogP contribution in [0.2, 0.25) is 0 Å². The van der Waals surface area contributed by atoms with E-state index in [4.69, 9.17) is 0 Å². The van der Waals surface area contributed by atoms with Gasteiger partial charge in [-0.25, -0.2) is 0 Å². The van der Waals surface area contributed by atoms with Crippen molar-refractivity contribution in [2.24, 2.45) is 7.05 Å². The van der Waals surface area contributed by atoms with Crippen LogP contribution >= 0.6 is 0 Å². The average Bonchev–Trinajstić information content (AvgIpc) is 2.83. The van der Waals surface area contributed by atoms with Gasteiger partial charge >= 0.3 is 0 Å². The summed E-state index contributed by atoms with van der Waals surface area (Å²) in [6.07, 6.45) is 3.25. The first-order chi connectivity index (χ1) is 8.68. The molecule has 0 saturated heterocycles. The zero-order valence-corrected chi connectivity index (χ0v) is 9.75. The Balaban J connectivity index is 1.95. The number of hydrazine groups is 1. The molecule has 0 aliphatic heterocycles. The SMILES string of the molecule is Cn1cccc1C(=O)NNC(=O)c1ccccn1. The van der Waals surface area contributed by atoms with Gasteiger partial charge in [-0.15, -0.1) is 0 Å². The van der Waals surface area contributed by atoms with Gasteiger partial charge in [0.25, 0.3) is 11.8 Å². The highest BCUT2D eigenvalue weighted by Crippen LogP contribution is 1.98. The number of carbonyl (C=O) groups is 2. The molecule has 0 saturated carbocycles. The van der Waals surface area contributed by atoms with E-state index in [0.29, 0.717) is 5.69 Å². The molecule has 0 spiro atoms. The largest absolute Gasteiger partial charge is 0.347 e. The van der Waals surface area contributed by atoms with E-state index in [0.717, 1.165) is 0 Å². The van der Waals surface area contributed by atoms with Gasteiger partial charge in [0.05, 0.1) is 0 Å². The fourth-order valence-electron chi connectivity index (χ4n) is 1.44. The molecule has 18 heavy (non-hydrogen) atoms. The van der Waals surface area contributed by atoms with Gasteiger partial charge in [0.2, 0.25) is 0 Å². The van der Waals surface area contributed by atoms with Gasteiger partial charge in [-0.1, -0.05) is 6.07 Å². The van der Waals surface area contributed by atoms with Gasteiger partial charge in [-0.05, 0) is 24.3 Å². The minimum absolute atomic E-state index is 0.240. The maximum absolute atomic E-state index is 11.7. The van der Waals surface area contributed by atoms with E-state index in [2.05, 4.69) is 15.8 Å². The Morgan fingerprint density at radius 1 is 1.11 bits per heavy atom. The number of aromatic nitrogens is 2. The smallest absolute Gasteiger partial charge is 0.288 e. The van der Waals surface area contributed by atoms with E-state index in [1.54, 1.807) is 48.1 Å². The Morgan fingerprint density at radius 3 is 2.50 bits per heavy atom. The third kappa shape index (κ3) is 2.54. The van der Waals surface area contributed by atoms with Crippen molar-refractivity contribution in [2.75, 3.05) is 0 Å². The molecule has 0 fully saturated rings. The maximum Gasteiger partial charge on any atom is 0.288 e. The Kier molecular flexibility index (Phi) is 3.38. The molecule has 0 aromatic carbocycles. The van der Waals surface area contributed by atoms with Crippen molar-refractivity contribution in [3.05, 3.63) is 54.1 Å². The molecule has 0 aliphatic rings. The van der Waals surface area contributed by atoms with Crippen LogP contribution < -0.4 is 10.9 Å². The summed E-state index contributed by atoms with van der Waals surface area (Å²) in [6.45, 7) is 0. The molecule has 6 nitrogen and oxygen atoms in total. The molecule has 2 aromatic heterocycles. The monoisotopic (exact) mass is 244 g/mol. The van der Waals surface area contributed by atoms with Gasteiger partial charge in [0.1, 0.15) is 11.4 Å². The second kappa shape index (κ2) is 5.13. The number of hydrogen-bond acceptors (Lipinski definition) is 3. The van der Waals surface area contributed by atoms with Gasteiger partial charge in [0.15, 0.2) is 0 Å². The molecule has 2 amide bonds. The van der Waals surface area contributed by atoms with E-state index >= 15 is 0 Å². The number of nitrogens with zero attached hydrogens (tertiary/aromatic N) is 2. The molecule has 6 heteroatoms. The minimum atomic E-state index is -0.460. The van der Waals surface area contributed by atoms with E-state index in [1.807, 2.05) is 0 Å². The highest BCUT2D eigenvalue weighted by Gasteiger charge is 2.11. The first kappa shape index (κ1) is 11.8. The number of hydrogen-bond donors (Lipinski definition) is 2. The summed E-state index contributed by atoms with van der Waals surface area (Å²) in [5.74, 6) is -0.843. The lowest BCUT2D eigenvalue weighted by atomic mass is 10.3. The van der Waals surface area contributed by atoms with E-state index in [1.165, 1.54) is 6.20 Å². The van der Waals surface area contributed by atoms with Gasteiger partial charge < -0.3 is 4.57 Å². The third-order valence-corrected chi connectivity index (χ3v) is 2.36. The molecule has 2 N–H and O–H groups in total. The predicted molar refractivity (Wildman–Crippen MR) is 64.6 cm³/mol. The van der Waals surface area contributed by atoms with Crippen LogP contribution in [-0.2, 0) is 7.05 Å². The van der Waals surface area contributed by atoms with Crippen molar-refractivity contribution in [1.82, 2.24) is 20.4 Å². The number of nitrogens with one attached hydrogen (secondary N) is 2. The van der Waals surface area contributed by atoms with Crippen molar-refractivity contribution in [2.45, 2.75) is 0 Å². The van der Waals surface area contributed by atoms with Crippen LogP contribution in [0.25, 0.3) is 0 Å². The summed E-state index contributed by atoms with van der Waals surface area (Å²) in [6, 6.07) is 8.36. The molecule has 0 atom stereocenters. The van der Waals surface area contributed by atoms with E-state index in [9.17, 15) is 9.59 Å². The van der Waals surface area contributed by atoms with Gasteiger partial charge in [-0.2, -0.15) is 0 Å². The molecule has 2 rings (SSSR count). The average molecular weight is 244 g/mol. The fourth-order valence-corrected chi connectivity index (χ4v) is 1.44. The zero-order chi connectivity index (χ0) is 13.0. The molecule has 0 aliphatic carbocycles. The number of rotatable bonds is 2. The van der Waals surface area contributed by atoms with Crippen LogP contribution in [0.15, 0.2) is 42.7 Å². The van der Waals surface area contributed by atoms with Crippen molar-refractivity contribution in [3.8, 4) is 0 Å². The van der Waals surface area contributed by atoms with Crippen LogP contribution in [-0.4, -0.2) is 21.4 Å². The molecular weight excluding hydrogens is 232 g/mol. The quantitative estimate of drug-likeness (QED) is 0.755. The summed E-state index contributed by atoms with van der Waals surface area (Å²) in [5, 5.41) is 0. The Bertz CT molecular complexity index is 562. The maximum atomic E-state index is 11.7. The van der Waals surface area contributed by atoms with Crippen LogP contribution in [0.1, 0.15) is 21.0 Å². The lowest BCUT2D eigenvalue weighted by molar-refractivity contribution is 0.0839. The number of carbonyl (C=O) groups excluding carboxylic acids is 2. The van der Waals surface area contributed by atoms with Crippen LogP contribution in [0.5, 0.6) is 0 Å². The topological polar surface area (TPSA) is 76.0 Å². The molecule has 92 valence electrons. The first-order valence-electron chi connectivity index (χ1n) is 5.31. The normalized spacial score (nSPS) is 9.83. The molecule has 0 bridgehead atoms. The number of aryl methyl sites for hydroxylation is 1. The molecule has 0 unspecified atom stereocenters. The van der Waals surface area contributed by atoms with Crippen LogP contribution in [0, 0.1) is 0 Å². The second-order valence-electron chi connectivity index (χ2n) is 3.63. The lowest BCUT2D eigenvalue weighted by Crippen LogP contribution is -2.42. The van der Waals surface area contributed by atoms with Crippen molar-refractivity contribution in [1.29, 1.82) is 0 Å². The minimum Gasteiger partial charge on any atom is -0.347 e. The summed E-state index contributed by atoms with van der Waals surface area (Å²) >= 11 is 0. The van der Waals surface area contributed by atoms with Crippen molar-refractivity contribution in [3.63, 3.8) is 0 Å². The number of pyridine rings is 1.